The number of methoxy groups -OCH3 is 1. The fourth-order valence-electron chi connectivity index (χ4n) is 2.03. The molecule has 0 unspecified atom stereocenters. The van der Waals surface area contributed by atoms with E-state index < -0.39 is 0 Å². The Labute approximate surface area is 113 Å². The molecule has 1 saturated carbocycles. The fraction of sp³-hybridized carbons (Fsp3) is 0.500. The Bertz CT molecular complexity index is 458. The minimum atomic E-state index is -0.124. The monoisotopic (exact) mass is 263 g/mol. The van der Waals surface area contributed by atoms with E-state index in [9.17, 15) is 4.79 Å². The molecule has 2 rings (SSSR count). The van der Waals surface area contributed by atoms with Gasteiger partial charge in [-0.15, -0.1) is 0 Å². The highest BCUT2D eigenvalue weighted by Crippen LogP contribution is 2.24. The topological polar surface area (TPSA) is 67.6 Å². The van der Waals surface area contributed by atoms with Crippen molar-refractivity contribution in [1.82, 2.24) is 10.2 Å². The summed E-state index contributed by atoms with van der Waals surface area (Å²) in [7, 11) is 3.63. The van der Waals surface area contributed by atoms with Crippen LogP contribution in [-0.2, 0) is 0 Å². The van der Waals surface area contributed by atoms with Gasteiger partial charge in [-0.25, -0.2) is 0 Å². The van der Waals surface area contributed by atoms with E-state index in [1.807, 2.05) is 0 Å². The summed E-state index contributed by atoms with van der Waals surface area (Å²) >= 11 is 0. The fourth-order valence-corrected chi connectivity index (χ4v) is 2.03. The van der Waals surface area contributed by atoms with Gasteiger partial charge in [0.25, 0.3) is 5.91 Å². The Morgan fingerprint density at radius 1 is 1.53 bits per heavy atom. The van der Waals surface area contributed by atoms with Gasteiger partial charge in [0, 0.05) is 30.9 Å². The van der Waals surface area contributed by atoms with E-state index >= 15 is 0 Å². The van der Waals surface area contributed by atoms with Gasteiger partial charge < -0.3 is 20.7 Å². The van der Waals surface area contributed by atoms with Crippen molar-refractivity contribution in [1.29, 1.82) is 0 Å². The number of nitrogens with zero attached hydrogens (tertiary/aromatic N) is 1. The molecule has 0 aliphatic heterocycles. The maximum Gasteiger partial charge on any atom is 0.255 e. The molecule has 19 heavy (non-hydrogen) atoms. The number of hydrogen-bond donors (Lipinski definition) is 2. The number of carbonyl (C=O) groups is 1. The lowest BCUT2D eigenvalue weighted by molar-refractivity contribution is 0.0946. The molecule has 5 heteroatoms. The maximum atomic E-state index is 12.1. The van der Waals surface area contributed by atoms with E-state index in [0.717, 1.165) is 6.54 Å². The smallest absolute Gasteiger partial charge is 0.255 e. The molecule has 1 aromatic rings. The average Bonchev–Trinajstić information content (AvgIpc) is 3.22. The molecule has 1 aromatic carbocycles. The molecule has 5 nitrogen and oxygen atoms in total. The van der Waals surface area contributed by atoms with Crippen molar-refractivity contribution >= 4 is 11.6 Å². The van der Waals surface area contributed by atoms with Crippen LogP contribution in [0.5, 0.6) is 5.75 Å². The minimum Gasteiger partial charge on any atom is -0.496 e. The number of likely N-dealkylation sites (N-methyl/N-ethyl adjacent to an activating group) is 1. The third-order valence-corrected chi connectivity index (χ3v) is 3.39. The van der Waals surface area contributed by atoms with Gasteiger partial charge >= 0.3 is 0 Å². The van der Waals surface area contributed by atoms with Crippen LogP contribution in [0.4, 0.5) is 5.69 Å². The van der Waals surface area contributed by atoms with Crippen molar-refractivity contribution in [2.75, 3.05) is 33.0 Å². The highest BCUT2D eigenvalue weighted by molar-refractivity contribution is 5.97. The summed E-state index contributed by atoms with van der Waals surface area (Å²) in [5, 5.41) is 2.91. The summed E-state index contributed by atoms with van der Waals surface area (Å²) in [4.78, 5) is 14.3. The van der Waals surface area contributed by atoms with Gasteiger partial charge in [-0.05, 0) is 32.0 Å². The van der Waals surface area contributed by atoms with Gasteiger partial charge in [-0.2, -0.15) is 0 Å². The lowest BCUT2D eigenvalue weighted by Gasteiger charge is -2.16. The Morgan fingerprint density at radius 2 is 2.26 bits per heavy atom. The van der Waals surface area contributed by atoms with Gasteiger partial charge in [0.15, 0.2) is 0 Å². The number of rotatable bonds is 6. The zero-order valence-corrected chi connectivity index (χ0v) is 11.5. The molecule has 0 radical (unpaired) electrons. The van der Waals surface area contributed by atoms with Crippen LogP contribution in [0.2, 0.25) is 0 Å². The quantitative estimate of drug-likeness (QED) is 0.754. The second-order valence-electron chi connectivity index (χ2n) is 4.93. The van der Waals surface area contributed by atoms with E-state index in [0.29, 0.717) is 29.6 Å². The van der Waals surface area contributed by atoms with E-state index in [1.54, 1.807) is 18.2 Å². The van der Waals surface area contributed by atoms with Crippen molar-refractivity contribution in [3.63, 3.8) is 0 Å². The van der Waals surface area contributed by atoms with Gasteiger partial charge in [0.05, 0.1) is 12.7 Å². The standard InChI is InChI=1S/C14H21N3O2/c1-17(11-4-5-11)8-7-16-14(18)12-6-3-10(15)9-13(12)19-2/h3,6,9,11H,4-5,7-8,15H2,1-2H3,(H,16,18). The lowest BCUT2D eigenvalue weighted by Crippen LogP contribution is -2.34. The zero-order valence-electron chi connectivity index (χ0n) is 11.5. The third kappa shape index (κ3) is 3.61. The van der Waals surface area contributed by atoms with Crippen molar-refractivity contribution in [3.8, 4) is 5.75 Å². The van der Waals surface area contributed by atoms with Gasteiger partial charge in [0.1, 0.15) is 5.75 Å². The first kappa shape index (κ1) is 13.7. The Balaban J connectivity index is 1.88. The molecule has 1 aliphatic rings. The second kappa shape index (κ2) is 5.93. The predicted octanol–water partition coefficient (Wildman–Crippen LogP) is 1.10. The Kier molecular flexibility index (Phi) is 4.27. The number of carbonyl (C=O) groups excluding carboxylic acids is 1. The third-order valence-electron chi connectivity index (χ3n) is 3.39. The normalized spacial score (nSPS) is 14.5. The molecule has 1 fully saturated rings. The van der Waals surface area contributed by atoms with Crippen LogP contribution in [-0.4, -0.2) is 44.1 Å². The Hall–Kier alpha value is -1.75. The summed E-state index contributed by atoms with van der Waals surface area (Å²) in [6, 6.07) is 5.76. The van der Waals surface area contributed by atoms with Gasteiger partial charge in [-0.1, -0.05) is 0 Å². The summed E-state index contributed by atoms with van der Waals surface area (Å²) in [5.41, 5.74) is 6.77. The molecule has 1 aliphatic carbocycles. The molecule has 0 atom stereocenters. The number of ether oxygens (including phenoxy) is 1. The lowest BCUT2D eigenvalue weighted by atomic mass is 10.1. The first-order valence-corrected chi connectivity index (χ1v) is 6.53. The van der Waals surface area contributed by atoms with Crippen molar-refractivity contribution in [2.45, 2.75) is 18.9 Å². The van der Waals surface area contributed by atoms with Gasteiger partial charge in [0.2, 0.25) is 0 Å². The number of benzene rings is 1. The summed E-state index contributed by atoms with van der Waals surface area (Å²) in [5.74, 6) is 0.383. The molecule has 3 N–H and O–H groups in total. The van der Waals surface area contributed by atoms with Crippen LogP contribution in [0.3, 0.4) is 0 Å². The van der Waals surface area contributed by atoms with E-state index in [2.05, 4.69) is 17.3 Å². The first-order chi connectivity index (χ1) is 9.11. The molecular weight excluding hydrogens is 242 g/mol. The van der Waals surface area contributed by atoms with Crippen molar-refractivity contribution in [3.05, 3.63) is 23.8 Å². The van der Waals surface area contributed by atoms with Crippen LogP contribution < -0.4 is 15.8 Å². The van der Waals surface area contributed by atoms with Crippen molar-refractivity contribution < 1.29 is 9.53 Å². The molecule has 0 heterocycles. The largest absolute Gasteiger partial charge is 0.496 e. The number of nitrogens with one attached hydrogen (secondary N) is 1. The summed E-state index contributed by atoms with van der Waals surface area (Å²) in [6.45, 7) is 1.51. The van der Waals surface area contributed by atoms with Gasteiger partial charge in [-0.3, -0.25) is 4.79 Å². The van der Waals surface area contributed by atoms with E-state index in [4.69, 9.17) is 10.5 Å². The first-order valence-electron chi connectivity index (χ1n) is 6.53. The molecule has 0 spiro atoms. The van der Waals surface area contributed by atoms with E-state index in [1.165, 1.54) is 20.0 Å². The van der Waals surface area contributed by atoms with Crippen molar-refractivity contribution in [2.24, 2.45) is 0 Å². The summed E-state index contributed by atoms with van der Waals surface area (Å²) in [6.07, 6.45) is 2.55. The van der Waals surface area contributed by atoms with Crippen LogP contribution >= 0.6 is 0 Å². The van der Waals surface area contributed by atoms with Crippen LogP contribution in [0, 0.1) is 0 Å². The number of amides is 1. The van der Waals surface area contributed by atoms with Crippen LogP contribution in [0.25, 0.3) is 0 Å². The predicted molar refractivity (Wildman–Crippen MR) is 75.4 cm³/mol. The number of nitrogens with two attached hydrogens (primary N) is 1. The molecule has 0 saturated heterocycles. The molecule has 0 bridgehead atoms. The molecular formula is C14H21N3O2. The number of anilines is 1. The molecule has 0 aromatic heterocycles. The zero-order chi connectivity index (χ0) is 13.8. The SMILES string of the molecule is COc1cc(N)ccc1C(=O)NCCN(C)C1CC1. The number of hydrogen-bond acceptors (Lipinski definition) is 4. The number of nitrogen functional groups attached to an aromatic ring is 1. The average molecular weight is 263 g/mol. The highest BCUT2D eigenvalue weighted by atomic mass is 16.5. The second-order valence-corrected chi connectivity index (χ2v) is 4.93. The maximum absolute atomic E-state index is 12.1. The van der Waals surface area contributed by atoms with Crippen LogP contribution in [0.15, 0.2) is 18.2 Å². The van der Waals surface area contributed by atoms with Crippen LogP contribution in [0.1, 0.15) is 23.2 Å². The Morgan fingerprint density at radius 3 is 2.89 bits per heavy atom. The highest BCUT2D eigenvalue weighted by Gasteiger charge is 2.25. The minimum absolute atomic E-state index is 0.124. The molecule has 104 valence electrons. The molecule has 1 amide bonds. The van der Waals surface area contributed by atoms with E-state index in [-0.39, 0.29) is 5.91 Å². The summed E-state index contributed by atoms with van der Waals surface area (Å²) < 4.78 is 5.17.